The molecule has 0 radical (unpaired) electrons. The number of nitrogens with zero attached hydrogens (tertiary/aromatic N) is 1. The van der Waals surface area contributed by atoms with E-state index in [0.717, 1.165) is 34.7 Å². The van der Waals surface area contributed by atoms with Crippen LogP contribution in [0.5, 0.6) is 0 Å². The number of ether oxygens (including phenoxy) is 1. The highest BCUT2D eigenvalue weighted by atomic mass is 32.1. The Kier molecular flexibility index (Phi) is 6.55. The summed E-state index contributed by atoms with van der Waals surface area (Å²) in [4.78, 5) is 28.1. The van der Waals surface area contributed by atoms with Crippen LogP contribution in [0.2, 0.25) is 0 Å². The fraction of sp³-hybridized carbons (Fsp3) is 0.478. The van der Waals surface area contributed by atoms with Gasteiger partial charge in [-0.15, -0.1) is 11.3 Å². The first-order valence-corrected chi connectivity index (χ1v) is 10.8. The zero-order chi connectivity index (χ0) is 20.3. The van der Waals surface area contributed by atoms with Gasteiger partial charge < -0.3 is 9.64 Å². The average molecular weight is 400 g/mol. The minimum atomic E-state index is -0.330. The smallest absolute Gasteiger partial charge is 0.302 e. The van der Waals surface area contributed by atoms with Crippen LogP contribution in [0.15, 0.2) is 42.5 Å². The normalized spacial score (nSPS) is 22.1. The Hall–Kier alpha value is -2.14. The molecule has 0 bridgehead atoms. The van der Waals surface area contributed by atoms with E-state index in [1.807, 2.05) is 43.0 Å². The Bertz CT molecular complexity index is 814. The number of carbonyl (C=O) groups is 2. The van der Waals surface area contributed by atoms with Crippen molar-refractivity contribution < 1.29 is 14.3 Å². The maximum Gasteiger partial charge on any atom is 0.302 e. The van der Waals surface area contributed by atoms with Crippen molar-refractivity contribution in [2.24, 2.45) is 11.8 Å². The van der Waals surface area contributed by atoms with Gasteiger partial charge >= 0.3 is 5.97 Å². The van der Waals surface area contributed by atoms with Crippen molar-refractivity contribution in [1.82, 2.24) is 0 Å². The van der Waals surface area contributed by atoms with Crippen LogP contribution in [0.3, 0.4) is 0 Å². The van der Waals surface area contributed by atoms with Gasteiger partial charge in [0.05, 0.1) is 10.9 Å². The second kappa shape index (κ2) is 8.91. The first-order valence-electron chi connectivity index (χ1n) is 10.0. The molecule has 3 rings (SSSR count). The number of amides is 1. The summed E-state index contributed by atoms with van der Waals surface area (Å²) < 4.78 is 5.55. The minimum Gasteiger partial charge on any atom is -0.462 e. The number of esters is 1. The maximum absolute atomic E-state index is 13.5. The van der Waals surface area contributed by atoms with Gasteiger partial charge in [-0.3, -0.25) is 9.59 Å². The number of carbonyl (C=O) groups excluding carboxylic acids is 2. The Labute approximate surface area is 171 Å². The lowest BCUT2D eigenvalue weighted by molar-refractivity contribution is -0.154. The van der Waals surface area contributed by atoms with Gasteiger partial charge in [0.15, 0.2) is 0 Å². The molecule has 1 aliphatic carbocycles. The van der Waals surface area contributed by atoms with Gasteiger partial charge in [-0.25, -0.2) is 0 Å². The molecule has 150 valence electrons. The summed E-state index contributed by atoms with van der Waals surface area (Å²) in [5.74, 6) is -0.0535. The van der Waals surface area contributed by atoms with Gasteiger partial charge in [0.2, 0.25) is 5.91 Å². The standard InChI is InChI=1S/C23H29NO3S/c1-15(2)24(22-13-12-21(28-22)18-8-6-5-7-9-18)23(26)19-11-10-16(3)14-20(19)27-17(4)25/h5-9,12-13,15-16,19-20H,10-11,14H2,1-4H3/t16-,19-,20+/m1/s1. The summed E-state index contributed by atoms with van der Waals surface area (Å²) in [6.45, 7) is 7.65. The van der Waals surface area contributed by atoms with E-state index in [2.05, 4.69) is 25.1 Å². The molecule has 0 aliphatic heterocycles. The molecule has 1 aromatic heterocycles. The molecular weight excluding hydrogens is 370 g/mol. The Morgan fingerprint density at radius 2 is 1.82 bits per heavy atom. The fourth-order valence-electron chi connectivity index (χ4n) is 3.97. The molecule has 0 unspecified atom stereocenters. The number of hydrogen-bond donors (Lipinski definition) is 0. The van der Waals surface area contributed by atoms with E-state index in [1.165, 1.54) is 6.92 Å². The SMILES string of the molecule is CC(=O)O[C@H]1C[C@H](C)CC[C@H]1C(=O)N(c1ccc(-c2ccccc2)s1)C(C)C. The van der Waals surface area contributed by atoms with Gasteiger partial charge in [-0.05, 0) is 56.7 Å². The fourth-order valence-corrected chi connectivity index (χ4v) is 5.12. The number of thiophene rings is 1. The summed E-state index contributed by atoms with van der Waals surface area (Å²) in [5, 5.41) is 0.944. The van der Waals surface area contributed by atoms with Crippen molar-refractivity contribution in [3.05, 3.63) is 42.5 Å². The van der Waals surface area contributed by atoms with Gasteiger partial charge in [0, 0.05) is 17.8 Å². The molecule has 1 saturated carbocycles. The molecule has 1 aromatic carbocycles. The average Bonchev–Trinajstić information content (AvgIpc) is 3.11. The lowest BCUT2D eigenvalue weighted by Crippen LogP contribution is -2.47. The van der Waals surface area contributed by atoms with Crippen LogP contribution in [0, 0.1) is 11.8 Å². The van der Waals surface area contributed by atoms with E-state index in [1.54, 1.807) is 11.3 Å². The quantitative estimate of drug-likeness (QED) is 0.622. The third-order valence-electron chi connectivity index (χ3n) is 5.33. The second-order valence-electron chi connectivity index (χ2n) is 7.98. The van der Waals surface area contributed by atoms with E-state index in [4.69, 9.17) is 4.74 Å². The van der Waals surface area contributed by atoms with E-state index in [0.29, 0.717) is 5.92 Å². The summed E-state index contributed by atoms with van der Waals surface area (Å²) >= 11 is 1.63. The molecule has 4 nitrogen and oxygen atoms in total. The zero-order valence-electron chi connectivity index (χ0n) is 17.1. The monoisotopic (exact) mass is 399 g/mol. The number of hydrogen-bond acceptors (Lipinski definition) is 4. The molecule has 1 heterocycles. The highest BCUT2D eigenvalue weighted by molar-refractivity contribution is 7.19. The van der Waals surface area contributed by atoms with Crippen molar-refractivity contribution in [1.29, 1.82) is 0 Å². The molecule has 0 saturated heterocycles. The predicted molar refractivity (Wildman–Crippen MR) is 114 cm³/mol. The highest BCUT2D eigenvalue weighted by Crippen LogP contribution is 2.38. The summed E-state index contributed by atoms with van der Waals surface area (Å²) in [6.07, 6.45) is 2.17. The van der Waals surface area contributed by atoms with E-state index in [9.17, 15) is 9.59 Å². The molecule has 5 heteroatoms. The van der Waals surface area contributed by atoms with Crippen molar-refractivity contribution in [2.45, 2.75) is 59.1 Å². The van der Waals surface area contributed by atoms with Crippen molar-refractivity contribution in [3.8, 4) is 10.4 Å². The van der Waals surface area contributed by atoms with E-state index in [-0.39, 0.29) is 29.9 Å². The second-order valence-corrected chi connectivity index (χ2v) is 9.04. The number of anilines is 1. The van der Waals surface area contributed by atoms with Crippen molar-refractivity contribution in [3.63, 3.8) is 0 Å². The van der Waals surface area contributed by atoms with Gasteiger partial charge in [0.25, 0.3) is 0 Å². The molecule has 0 N–H and O–H groups in total. The third-order valence-corrected chi connectivity index (χ3v) is 6.46. The number of benzene rings is 1. The largest absolute Gasteiger partial charge is 0.462 e. The minimum absolute atomic E-state index is 0.0344. The molecule has 1 aliphatic rings. The van der Waals surface area contributed by atoms with Gasteiger partial charge in [-0.1, -0.05) is 37.3 Å². The molecule has 1 amide bonds. The third kappa shape index (κ3) is 4.64. The Morgan fingerprint density at radius 3 is 2.46 bits per heavy atom. The first kappa shape index (κ1) is 20.6. The summed E-state index contributed by atoms with van der Waals surface area (Å²) in [6, 6.07) is 14.3. The molecule has 3 atom stereocenters. The molecule has 28 heavy (non-hydrogen) atoms. The van der Waals surface area contributed by atoms with Crippen LogP contribution < -0.4 is 4.90 Å². The maximum atomic E-state index is 13.5. The predicted octanol–water partition coefficient (Wildman–Crippen LogP) is 5.52. The van der Waals surface area contributed by atoms with Crippen LogP contribution in [0.4, 0.5) is 5.00 Å². The summed E-state index contributed by atoms with van der Waals surface area (Å²) in [5.41, 5.74) is 1.15. The molecule has 1 fully saturated rings. The molecular formula is C23H29NO3S. The van der Waals surface area contributed by atoms with E-state index < -0.39 is 0 Å². The molecule has 2 aromatic rings. The van der Waals surface area contributed by atoms with Crippen molar-refractivity contribution >= 4 is 28.2 Å². The zero-order valence-corrected chi connectivity index (χ0v) is 17.9. The van der Waals surface area contributed by atoms with Crippen molar-refractivity contribution in [2.75, 3.05) is 4.90 Å². The van der Waals surface area contributed by atoms with Crippen LogP contribution in [-0.2, 0) is 14.3 Å². The lowest BCUT2D eigenvalue weighted by atomic mass is 9.79. The Morgan fingerprint density at radius 1 is 1.11 bits per heavy atom. The van der Waals surface area contributed by atoms with Crippen LogP contribution in [0.25, 0.3) is 10.4 Å². The van der Waals surface area contributed by atoms with E-state index >= 15 is 0 Å². The van der Waals surface area contributed by atoms with Crippen LogP contribution in [0.1, 0.15) is 47.0 Å². The summed E-state index contributed by atoms with van der Waals surface area (Å²) in [7, 11) is 0. The van der Waals surface area contributed by atoms with Crippen LogP contribution >= 0.6 is 11.3 Å². The first-order chi connectivity index (χ1) is 13.4. The highest BCUT2D eigenvalue weighted by Gasteiger charge is 2.39. The topological polar surface area (TPSA) is 46.6 Å². The number of rotatable bonds is 5. The Balaban J connectivity index is 1.86. The molecule has 0 spiro atoms. The lowest BCUT2D eigenvalue weighted by Gasteiger charge is -2.37. The van der Waals surface area contributed by atoms with Gasteiger partial charge in [-0.2, -0.15) is 0 Å². The van der Waals surface area contributed by atoms with Gasteiger partial charge in [0.1, 0.15) is 6.10 Å². The van der Waals surface area contributed by atoms with Crippen LogP contribution in [-0.4, -0.2) is 24.0 Å².